The minimum Gasteiger partial charge on any atom is -0.291 e. The van der Waals surface area contributed by atoms with Gasteiger partial charge in [-0.2, -0.15) is 4.98 Å². The maximum absolute atomic E-state index is 11.0. The van der Waals surface area contributed by atoms with E-state index >= 15 is 0 Å². The van der Waals surface area contributed by atoms with Crippen LogP contribution >= 0.6 is 0 Å². The van der Waals surface area contributed by atoms with Gasteiger partial charge in [-0.25, -0.2) is 9.59 Å². The van der Waals surface area contributed by atoms with Crippen molar-refractivity contribution < 1.29 is 0 Å². The normalized spacial score (nSPS) is 10.2. The van der Waals surface area contributed by atoms with Gasteiger partial charge in [-0.15, -0.1) is 0 Å². The monoisotopic (exact) mass is 203 g/mol. The fraction of sp³-hybridized carbons (Fsp3) is 0.100. The third-order valence-electron chi connectivity index (χ3n) is 2.07. The summed E-state index contributed by atoms with van der Waals surface area (Å²) in [5.41, 5.74) is 0.511. The lowest BCUT2D eigenvalue weighted by molar-refractivity contribution is 0.941. The van der Waals surface area contributed by atoms with Gasteiger partial charge in [-0.1, -0.05) is 24.3 Å². The first-order valence-corrected chi connectivity index (χ1v) is 4.43. The van der Waals surface area contributed by atoms with Crippen molar-refractivity contribution in [3.05, 3.63) is 50.8 Å². The minimum atomic E-state index is -0.642. The Morgan fingerprint density at radius 2 is 1.87 bits per heavy atom. The van der Waals surface area contributed by atoms with Crippen LogP contribution in [-0.2, 0) is 0 Å². The molecule has 1 aromatic carbocycles. The van der Waals surface area contributed by atoms with Crippen LogP contribution in [0.2, 0.25) is 0 Å². The van der Waals surface area contributed by atoms with E-state index in [1.807, 2.05) is 30.1 Å². The van der Waals surface area contributed by atoms with Crippen molar-refractivity contribution in [3.8, 4) is 11.4 Å². The fourth-order valence-corrected chi connectivity index (χ4v) is 1.36. The summed E-state index contributed by atoms with van der Waals surface area (Å²) in [6.07, 6.45) is 0. The SMILES string of the molecule is Cc1ccccc1-c1nc(=O)[nH]c(=O)[nH]1. The van der Waals surface area contributed by atoms with Crippen LogP contribution in [0.4, 0.5) is 0 Å². The van der Waals surface area contributed by atoms with Gasteiger partial charge >= 0.3 is 11.4 Å². The lowest BCUT2D eigenvalue weighted by Gasteiger charge is -2.02. The number of H-pyrrole nitrogens is 2. The minimum absolute atomic E-state index is 0.293. The zero-order valence-corrected chi connectivity index (χ0v) is 8.07. The molecule has 0 fully saturated rings. The molecular formula is C10H9N3O2. The Hall–Kier alpha value is -2.17. The molecule has 2 rings (SSSR count). The number of nitrogens with one attached hydrogen (secondary N) is 2. The molecule has 0 amide bonds. The molecule has 0 saturated heterocycles. The van der Waals surface area contributed by atoms with Crippen molar-refractivity contribution in [1.29, 1.82) is 0 Å². The summed E-state index contributed by atoms with van der Waals surface area (Å²) in [6, 6.07) is 7.39. The Morgan fingerprint density at radius 3 is 2.53 bits per heavy atom. The Kier molecular flexibility index (Phi) is 2.21. The Balaban J connectivity index is 2.70. The quantitative estimate of drug-likeness (QED) is 0.705. The molecular weight excluding hydrogens is 194 g/mol. The van der Waals surface area contributed by atoms with Gasteiger partial charge in [0.05, 0.1) is 0 Å². The van der Waals surface area contributed by atoms with Gasteiger partial charge in [0.1, 0.15) is 5.82 Å². The van der Waals surface area contributed by atoms with Crippen molar-refractivity contribution in [3.63, 3.8) is 0 Å². The molecule has 0 unspecified atom stereocenters. The fourth-order valence-electron chi connectivity index (χ4n) is 1.36. The van der Waals surface area contributed by atoms with E-state index in [0.29, 0.717) is 5.82 Å². The van der Waals surface area contributed by atoms with Gasteiger partial charge in [0.15, 0.2) is 0 Å². The number of nitrogens with zero attached hydrogens (tertiary/aromatic N) is 1. The van der Waals surface area contributed by atoms with Crippen LogP contribution in [0.15, 0.2) is 33.9 Å². The van der Waals surface area contributed by atoms with E-state index in [0.717, 1.165) is 11.1 Å². The largest absolute Gasteiger partial charge is 0.351 e. The maximum Gasteiger partial charge on any atom is 0.351 e. The molecule has 5 nitrogen and oxygen atoms in total. The molecule has 1 heterocycles. The first kappa shape index (κ1) is 9.39. The maximum atomic E-state index is 11.0. The highest BCUT2D eigenvalue weighted by molar-refractivity contribution is 5.58. The van der Waals surface area contributed by atoms with Gasteiger partial charge in [0, 0.05) is 5.56 Å². The summed E-state index contributed by atoms with van der Waals surface area (Å²) < 4.78 is 0. The molecule has 2 N–H and O–H groups in total. The lowest BCUT2D eigenvalue weighted by Crippen LogP contribution is -2.25. The lowest BCUT2D eigenvalue weighted by atomic mass is 10.1. The van der Waals surface area contributed by atoms with Crippen LogP contribution in [0, 0.1) is 6.92 Å². The molecule has 0 atom stereocenters. The van der Waals surface area contributed by atoms with Gasteiger partial charge in [-0.05, 0) is 12.5 Å². The van der Waals surface area contributed by atoms with Gasteiger partial charge in [0.2, 0.25) is 0 Å². The van der Waals surface area contributed by atoms with Crippen LogP contribution < -0.4 is 11.4 Å². The van der Waals surface area contributed by atoms with Gasteiger partial charge < -0.3 is 0 Å². The molecule has 0 spiro atoms. The molecule has 0 aliphatic heterocycles. The van der Waals surface area contributed by atoms with E-state index in [-0.39, 0.29) is 0 Å². The van der Waals surface area contributed by atoms with Crippen LogP contribution in [-0.4, -0.2) is 15.0 Å². The second kappa shape index (κ2) is 3.53. The van der Waals surface area contributed by atoms with Crippen LogP contribution in [0.5, 0.6) is 0 Å². The number of aromatic amines is 2. The first-order valence-electron chi connectivity index (χ1n) is 4.43. The molecule has 0 bridgehead atoms. The molecule has 0 aliphatic rings. The highest BCUT2D eigenvalue weighted by atomic mass is 16.2. The van der Waals surface area contributed by atoms with Crippen LogP contribution in [0.25, 0.3) is 11.4 Å². The third kappa shape index (κ3) is 1.85. The van der Waals surface area contributed by atoms with E-state index in [1.165, 1.54) is 0 Å². The summed E-state index contributed by atoms with van der Waals surface area (Å²) >= 11 is 0. The van der Waals surface area contributed by atoms with Gasteiger partial charge in [-0.3, -0.25) is 9.97 Å². The zero-order chi connectivity index (χ0) is 10.8. The van der Waals surface area contributed by atoms with Crippen molar-refractivity contribution in [2.75, 3.05) is 0 Å². The number of aromatic nitrogens is 3. The van der Waals surface area contributed by atoms with Crippen molar-refractivity contribution >= 4 is 0 Å². The highest BCUT2D eigenvalue weighted by Crippen LogP contribution is 2.16. The summed E-state index contributed by atoms with van der Waals surface area (Å²) in [5, 5.41) is 0. The van der Waals surface area contributed by atoms with Crippen molar-refractivity contribution in [2.45, 2.75) is 6.92 Å². The van der Waals surface area contributed by atoms with E-state index < -0.39 is 11.4 Å². The second-order valence-electron chi connectivity index (χ2n) is 3.16. The van der Waals surface area contributed by atoms with Crippen LogP contribution in [0.3, 0.4) is 0 Å². The Labute approximate surface area is 84.8 Å². The second-order valence-corrected chi connectivity index (χ2v) is 3.16. The van der Waals surface area contributed by atoms with E-state index in [2.05, 4.69) is 9.97 Å². The topological polar surface area (TPSA) is 78.6 Å². The average molecular weight is 203 g/mol. The number of rotatable bonds is 1. The summed E-state index contributed by atoms with van der Waals surface area (Å²) in [7, 11) is 0. The number of hydrogen-bond donors (Lipinski definition) is 2. The molecule has 76 valence electrons. The predicted molar refractivity (Wildman–Crippen MR) is 55.7 cm³/mol. The molecule has 0 radical (unpaired) electrons. The highest BCUT2D eigenvalue weighted by Gasteiger charge is 2.04. The van der Waals surface area contributed by atoms with Gasteiger partial charge in [0.25, 0.3) is 0 Å². The predicted octanol–water partition coefficient (Wildman–Crippen LogP) is 0.434. The van der Waals surface area contributed by atoms with E-state index in [4.69, 9.17) is 0 Å². The molecule has 1 aromatic heterocycles. The molecule has 5 heteroatoms. The zero-order valence-electron chi connectivity index (χ0n) is 8.07. The number of hydrogen-bond acceptors (Lipinski definition) is 3. The van der Waals surface area contributed by atoms with Crippen molar-refractivity contribution in [1.82, 2.24) is 15.0 Å². The first-order chi connectivity index (χ1) is 7.16. The molecule has 0 saturated carbocycles. The number of benzene rings is 1. The standard InChI is InChI=1S/C10H9N3O2/c1-6-4-2-3-5-7(6)8-11-9(14)13-10(15)12-8/h2-5H,1H3,(H2,11,12,13,14,15). The third-order valence-corrected chi connectivity index (χ3v) is 2.07. The number of aryl methyl sites for hydroxylation is 1. The Morgan fingerprint density at radius 1 is 1.13 bits per heavy atom. The average Bonchev–Trinajstić information content (AvgIpc) is 2.16. The molecule has 0 aliphatic carbocycles. The van der Waals surface area contributed by atoms with Crippen LogP contribution in [0.1, 0.15) is 5.56 Å². The summed E-state index contributed by atoms with van der Waals surface area (Å²) in [5.74, 6) is 0.293. The Bertz CT molecular complexity index is 570. The summed E-state index contributed by atoms with van der Waals surface area (Å²) in [6.45, 7) is 1.89. The molecule has 15 heavy (non-hydrogen) atoms. The van der Waals surface area contributed by atoms with E-state index in [9.17, 15) is 9.59 Å². The van der Waals surface area contributed by atoms with Crippen molar-refractivity contribution in [2.24, 2.45) is 0 Å². The summed E-state index contributed by atoms with van der Waals surface area (Å²) in [4.78, 5) is 30.3. The van der Waals surface area contributed by atoms with E-state index in [1.54, 1.807) is 6.07 Å². The molecule has 2 aromatic rings. The smallest absolute Gasteiger partial charge is 0.291 e.